The Morgan fingerprint density at radius 2 is 1.23 bits per heavy atom. The predicted molar refractivity (Wildman–Crippen MR) is 181 cm³/mol. The Labute approximate surface area is 283 Å². The fraction of sp³-hybridized carbons (Fsp3) is 0.943. The van der Waals surface area contributed by atoms with Crippen LogP contribution in [0.5, 0.6) is 0 Å². The van der Waals surface area contributed by atoms with Crippen molar-refractivity contribution in [1.82, 2.24) is 0 Å². The third-order valence-electron chi connectivity index (χ3n) is 14.5. The minimum atomic E-state index is -0.0998. The van der Waals surface area contributed by atoms with Crippen molar-refractivity contribution in [1.29, 1.82) is 0 Å². The summed E-state index contributed by atoms with van der Waals surface area (Å²) >= 11 is 0. The molecule has 4 saturated carbocycles. The number of carbonyl (C=O) groups is 2. The quantitative estimate of drug-likeness (QED) is 0.226. The van der Waals surface area contributed by atoms with Gasteiger partial charge in [0.15, 0.2) is 12.2 Å². The summed E-state index contributed by atoms with van der Waals surface area (Å²) in [7, 11) is 4.94. The van der Waals surface area contributed by atoms with Crippen LogP contribution in [0, 0.1) is 34.5 Å². The number of hydrogen-bond acceptors (Lipinski definition) is 4. The zero-order valence-electron chi connectivity index (χ0n) is 28.0. The number of hydrogen-bond donors (Lipinski definition) is 0. The van der Waals surface area contributed by atoms with Gasteiger partial charge in [-0.2, -0.15) is 0 Å². The predicted octanol–water partition coefficient (Wildman–Crippen LogP) is 7.27. The van der Waals surface area contributed by atoms with Gasteiger partial charge in [-0.3, -0.25) is 9.59 Å². The number of esters is 2. The highest BCUT2D eigenvalue weighted by Gasteiger charge is 2.68. The second kappa shape index (κ2) is 13.1. The summed E-state index contributed by atoms with van der Waals surface area (Å²) in [5.41, 5.74) is 0.377. The van der Waals surface area contributed by atoms with Crippen LogP contribution in [0.25, 0.3) is 0 Å². The number of ether oxygens (including phenoxy) is 2. The molecule has 2 saturated heterocycles. The van der Waals surface area contributed by atoms with Gasteiger partial charge in [-0.25, -0.2) is 0 Å². The molecule has 10 atom stereocenters. The minimum absolute atomic E-state index is 0. The van der Waals surface area contributed by atoms with Gasteiger partial charge in [0.25, 0.3) is 0 Å². The molecule has 0 bridgehead atoms. The molecule has 0 amide bonds. The molecule has 4 aliphatic carbocycles. The summed E-state index contributed by atoms with van der Waals surface area (Å²) < 4.78 is 14.7. The van der Waals surface area contributed by atoms with E-state index in [0.29, 0.717) is 35.3 Å². The minimum Gasteiger partial charge on any atom is -0.456 e. The van der Waals surface area contributed by atoms with Crippen LogP contribution in [0.1, 0.15) is 111 Å². The molecule has 6 aliphatic rings. The Kier molecular flexibility index (Phi) is 10.9. The maximum Gasteiger partial charge on any atom is 0.303 e. The number of quaternary nitrogens is 2. The number of piperidine rings is 2. The smallest absolute Gasteiger partial charge is 0.303 e. The van der Waals surface area contributed by atoms with Crippen molar-refractivity contribution in [3.8, 4) is 0 Å². The summed E-state index contributed by atoms with van der Waals surface area (Å²) in [5, 5.41) is 0. The highest BCUT2D eigenvalue weighted by Crippen LogP contribution is 2.68. The van der Waals surface area contributed by atoms with Gasteiger partial charge < -0.3 is 18.4 Å². The molecule has 0 radical (unpaired) electrons. The van der Waals surface area contributed by atoms with Crippen molar-refractivity contribution < 1.29 is 28.0 Å². The first kappa shape index (κ1) is 35.7. The Bertz CT molecular complexity index is 1010. The lowest BCUT2D eigenvalue weighted by atomic mass is 9.44. The van der Waals surface area contributed by atoms with Crippen LogP contribution in [0.4, 0.5) is 0 Å². The average molecular weight is 735 g/mol. The summed E-state index contributed by atoms with van der Waals surface area (Å²) in [4.78, 5) is 24.8. The first-order valence-corrected chi connectivity index (χ1v) is 17.4. The van der Waals surface area contributed by atoms with Gasteiger partial charge in [-0.1, -0.05) is 13.8 Å². The van der Waals surface area contributed by atoms with Gasteiger partial charge in [0.2, 0.25) is 0 Å². The molecular formula is C35H62Br2N2O4+2. The molecule has 2 heterocycles. The van der Waals surface area contributed by atoms with E-state index < -0.39 is 0 Å². The monoisotopic (exact) mass is 732 g/mol. The van der Waals surface area contributed by atoms with Crippen LogP contribution in [0.2, 0.25) is 0 Å². The van der Waals surface area contributed by atoms with Crippen LogP contribution in [-0.4, -0.2) is 85.5 Å². The van der Waals surface area contributed by atoms with E-state index in [2.05, 4.69) is 27.9 Å². The third-order valence-corrected chi connectivity index (χ3v) is 14.5. The Morgan fingerprint density at radius 3 is 1.79 bits per heavy atom. The van der Waals surface area contributed by atoms with Gasteiger partial charge in [0.05, 0.1) is 40.3 Å². The molecular weight excluding hydrogens is 672 g/mol. The zero-order chi connectivity index (χ0) is 29.2. The van der Waals surface area contributed by atoms with E-state index in [1.165, 1.54) is 103 Å². The number of rotatable bonds is 4. The topological polar surface area (TPSA) is 52.6 Å². The standard InChI is InChI=1S/C35H60N2O4.2BrH/c1-24(38)40-32-21-26-13-14-27-28(35(26,4)23-31(32)37(6)19-11-8-12-20-37)15-16-34(3)29(27)22-30(33(34)41-25(2)39)36(5)17-9-7-10-18-36;;/h26-33H,7-23H2,1-6H3;2*1H/q+2;;/t26-,27?,28?,29?,30?,31?,32-,33?,34?,35?;;/m0../s1. The summed E-state index contributed by atoms with van der Waals surface area (Å²) in [6.45, 7) is 13.3. The summed E-state index contributed by atoms with van der Waals surface area (Å²) in [6.07, 6.45) is 16.4. The van der Waals surface area contributed by atoms with E-state index in [1.54, 1.807) is 13.8 Å². The van der Waals surface area contributed by atoms with Crippen molar-refractivity contribution in [2.45, 2.75) is 135 Å². The lowest BCUT2D eigenvalue weighted by molar-refractivity contribution is -0.943. The molecule has 0 aromatic carbocycles. The molecule has 8 heteroatoms. The number of nitrogens with zero attached hydrogens (tertiary/aromatic N) is 2. The number of fused-ring (bicyclic) bond motifs is 5. The number of likely N-dealkylation sites (tertiary alicyclic amines) is 2. The lowest BCUT2D eigenvalue weighted by Crippen LogP contribution is -2.66. The number of halogens is 2. The first-order valence-electron chi connectivity index (χ1n) is 17.4. The zero-order valence-corrected chi connectivity index (χ0v) is 31.4. The lowest BCUT2D eigenvalue weighted by Gasteiger charge is -2.63. The van der Waals surface area contributed by atoms with Crippen LogP contribution in [0.15, 0.2) is 0 Å². The van der Waals surface area contributed by atoms with Gasteiger partial charge >= 0.3 is 11.9 Å². The van der Waals surface area contributed by atoms with E-state index in [0.717, 1.165) is 21.3 Å². The number of likely N-dealkylation sites (N-methyl/N-ethyl adjacent to an activating group) is 2. The maximum absolute atomic E-state index is 12.5. The fourth-order valence-electron chi connectivity index (χ4n) is 12.3. The molecule has 2 aliphatic heterocycles. The molecule has 6 nitrogen and oxygen atoms in total. The second-order valence-electron chi connectivity index (χ2n) is 16.7. The van der Waals surface area contributed by atoms with Crippen molar-refractivity contribution in [2.24, 2.45) is 34.5 Å². The molecule has 43 heavy (non-hydrogen) atoms. The van der Waals surface area contributed by atoms with Gasteiger partial charge in [-0.15, -0.1) is 34.0 Å². The molecule has 0 aromatic rings. The van der Waals surface area contributed by atoms with Crippen LogP contribution < -0.4 is 0 Å². The van der Waals surface area contributed by atoms with E-state index in [4.69, 9.17) is 9.47 Å². The average Bonchev–Trinajstić information content (AvgIpc) is 3.21. The highest BCUT2D eigenvalue weighted by molar-refractivity contribution is 8.93. The van der Waals surface area contributed by atoms with E-state index >= 15 is 0 Å². The molecule has 8 unspecified atom stereocenters. The molecule has 0 aromatic heterocycles. The van der Waals surface area contributed by atoms with Crippen molar-refractivity contribution in [3.05, 3.63) is 0 Å². The Balaban J connectivity index is 0.00000212. The third kappa shape index (κ3) is 6.15. The normalized spacial score (nSPS) is 44.7. The molecule has 0 spiro atoms. The molecule has 248 valence electrons. The van der Waals surface area contributed by atoms with E-state index in [9.17, 15) is 9.59 Å². The number of carbonyl (C=O) groups excluding carboxylic acids is 2. The molecule has 0 N–H and O–H groups in total. The van der Waals surface area contributed by atoms with Gasteiger partial charge in [0.1, 0.15) is 12.1 Å². The Morgan fingerprint density at radius 1 is 0.674 bits per heavy atom. The summed E-state index contributed by atoms with van der Waals surface area (Å²) in [5.74, 6) is 2.52. The van der Waals surface area contributed by atoms with Crippen molar-refractivity contribution in [3.63, 3.8) is 0 Å². The van der Waals surface area contributed by atoms with E-state index in [-0.39, 0.29) is 63.5 Å². The van der Waals surface area contributed by atoms with Crippen LogP contribution in [-0.2, 0) is 19.1 Å². The largest absolute Gasteiger partial charge is 0.456 e. The Hall–Kier alpha value is -0.180. The maximum atomic E-state index is 12.5. The van der Waals surface area contributed by atoms with Crippen molar-refractivity contribution >= 4 is 45.9 Å². The van der Waals surface area contributed by atoms with Gasteiger partial charge in [-0.05, 0) is 99.7 Å². The van der Waals surface area contributed by atoms with Gasteiger partial charge in [0, 0.05) is 32.1 Å². The molecule has 6 fully saturated rings. The first-order chi connectivity index (χ1) is 19.4. The fourth-order valence-corrected chi connectivity index (χ4v) is 12.3. The summed E-state index contributed by atoms with van der Waals surface area (Å²) in [6, 6.07) is 0.846. The van der Waals surface area contributed by atoms with E-state index in [1.807, 2.05) is 0 Å². The van der Waals surface area contributed by atoms with Crippen LogP contribution in [0.3, 0.4) is 0 Å². The SMILES string of the molecule is Br.Br.CC(=O)OC1C([N+]2(C)CCCCC2)CC2C3CC[C@H]4C[C@H](OC(C)=O)C([N+]5(C)CCCCC5)CC4(C)C3CCC21C. The van der Waals surface area contributed by atoms with Crippen LogP contribution >= 0.6 is 34.0 Å². The molecule has 6 rings (SSSR count). The highest BCUT2D eigenvalue weighted by atomic mass is 79.9. The van der Waals surface area contributed by atoms with Crippen molar-refractivity contribution in [2.75, 3.05) is 40.3 Å². The second-order valence-corrected chi connectivity index (χ2v) is 16.7.